The van der Waals surface area contributed by atoms with Crippen molar-refractivity contribution in [3.8, 4) is 0 Å². The molecule has 6 heavy (non-hydrogen) atoms. The Balaban J connectivity index is 3.48. The van der Waals surface area contributed by atoms with Gasteiger partial charge in [-0.3, -0.25) is 0 Å². The molecular formula is HCl2O3P. The molecule has 0 saturated carbocycles. The van der Waals surface area contributed by atoms with Gasteiger partial charge in [-0.05, 0) is 0 Å². The lowest BCUT2D eigenvalue weighted by Gasteiger charge is -1.88. The second kappa shape index (κ2) is 2.15. The minimum atomic E-state index is -3.91. The molecule has 1 unspecified atom stereocenters. The first-order chi connectivity index (χ1) is 2.56. The monoisotopic (exact) mass is 150 g/mol. The van der Waals surface area contributed by atoms with Crippen LogP contribution in [0.2, 0.25) is 0 Å². The van der Waals surface area contributed by atoms with E-state index in [1.165, 1.54) is 0 Å². The van der Waals surface area contributed by atoms with E-state index in [1.807, 2.05) is 0 Å². The maximum absolute atomic E-state index is 9.55. The number of rotatable bonds is 1. The molecular weight excluding hydrogens is 150 g/mol. The maximum Gasteiger partial charge on any atom is 0.437 e. The average molecular weight is 151 g/mol. The van der Waals surface area contributed by atoms with Crippen LogP contribution in [0.4, 0.5) is 0 Å². The lowest BCUT2D eigenvalue weighted by atomic mass is 15.8. The zero-order valence-corrected chi connectivity index (χ0v) is 4.87. The molecule has 0 aromatic rings. The molecule has 0 aliphatic rings. The third-order valence-electron chi connectivity index (χ3n) is 0.0851. The minimum Gasteiger partial charge on any atom is -0.312 e. The quantitative estimate of drug-likeness (QED) is 0.577. The summed E-state index contributed by atoms with van der Waals surface area (Å²) in [5.41, 5.74) is 0. The molecule has 0 rings (SSSR count). The summed E-state index contributed by atoms with van der Waals surface area (Å²) in [6, 6.07) is 0. The minimum absolute atomic E-state index is 3.29. The first kappa shape index (κ1) is 6.73. The molecule has 0 bridgehead atoms. The summed E-state index contributed by atoms with van der Waals surface area (Å²) in [4.78, 5) is 7.79. The molecule has 38 valence electrons. The van der Waals surface area contributed by atoms with Gasteiger partial charge in [-0.1, -0.05) is 0 Å². The Morgan fingerprint density at radius 3 is 2.00 bits per heavy atom. The van der Waals surface area contributed by atoms with Crippen LogP contribution in [0.3, 0.4) is 0 Å². The zero-order valence-electron chi connectivity index (χ0n) is 2.47. The van der Waals surface area contributed by atoms with Gasteiger partial charge in [0.05, 0.1) is 11.9 Å². The van der Waals surface area contributed by atoms with Crippen LogP contribution in [-0.2, 0) is 8.64 Å². The second-order valence-electron chi connectivity index (χ2n) is 0.520. The van der Waals surface area contributed by atoms with Crippen molar-refractivity contribution in [3.63, 3.8) is 0 Å². The van der Waals surface area contributed by atoms with Crippen molar-refractivity contribution in [2.24, 2.45) is 0 Å². The van der Waals surface area contributed by atoms with Gasteiger partial charge in [-0.15, -0.1) is 0 Å². The van der Waals surface area contributed by atoms with Crippen LogP contribution in [0.15, 0.2) is 0 Å². The summed E-state index contributed by atoms with van der Waals surface area (Å²) >= 11 is 8.81. The van der Waals surface area contributed by atoms with Gasteiger partial charge in [0.2, 0.25) is 0 Å². The van der Waals surface area contributed by atoms with E-state index < -0.39 is 6.95 Å². The molecule has 0 fully saturated rings. The standard InChI is InChI=1S/Cl2HO3P/c1-5-6(2,3)4/h(H,3,4). The lowest BCUT2D eigenvalue weighted by molar-refractivity contribution is 0.415. The fourth-order valence-corrected chi connectivity index (χ4v) is 0. The Bertz CT molecular complexity index is 72.9. The van der Waals surface area contributed by atoms with E-state index in [0.29, 0.717) is 0 Å². The first-order valence-corrected chi connectivity index (χ1v) is 3.68. The van der Waals surface area contributed by atoms with Gasteiger partial charge in [0.15, 0.2) is 0 Å². The molecule has 0 aliphatic heterocycles. The van der Waals surface area contributed by atoms with E-state index in [9.17, 15) is 4.57 Å². The topological polar surface area (TPSA) is 46.5 Å². The summed E-state index contributed by atoms with van der Waals surface area (Å²) in [6.45, 7) is -3.91. The molecule has 1 N–H and O–H groups in total. The van der Waals surface area contributed by atoms with Crippen molar-refractivity contribution < 1.29 is 13.5 Å². The van der Waals surface area contributed by atoms with Gasteiger partial charge >= 0.3 is 6.95 Å². The summed E-state index contributed by atoms with van der Waals surface area (Å²) in [5, 5.41) is 0. The van der Waals surface area contributed by atoms with Gasteiger partial charge in [-0.2, -0.15) is 4.08 Å². The van der Waals surface area contributed by atoms with Gasteiger partial charge in [0.1, 0.15) is 0 Å². The molecule has 0 heterocycles. The third-order valence-corrected chi connectivity index (χ3v) is 1.24. The number of hydrogen-bond donors (Lipinski definition) is 1. The molecule has 0 spiro atoms. The molecule has 0 radical (unpaired) electrons. The summed E-state index contributed by atoms with van der Waals surface area (Å²) in [5.74, 6) is 0. The van der Waals surface area contributed by atoms with E-state index in [0.717, 1.165) is 0 Å². The normalized spacial score (nSPS) is 19.8. The second-order valence-corrected chi connectivity index (χ2v) is 3.26. The van der Waals surface area contributed by atoms with Gasteiger partial charge in [0, 0.05) is 11.2 Å². The maximum atomic E-state index is 9.55. The van der Waals surface area contributed by atoms with Gasteiger partial charge in [-0.25, -0.2) is 4.57 Å². The number of hydrogen-bond acceptors (Lipinski definition) is 2. The Morgan fingerprint density at radius 1 is 1.83 bits per heavy atom. The largest absolute Gasteiger partial charge is 0.437 e. The molecule has 3 nitrogen and oxygen atoms in total. The van der Waals surface area contributed by atoms with Crippen LogP contribution >= 0.6 is 30.1 Å². The highest BCUT2D eigenvalue weighted by molar-refractivity contribution is 7.81. The third kappa shape index (κ3) is 4.73. The Labute approximate surface area is 44.3 Å². The highest BCUT2D eigenvalue weighted by atomic mass is 35.7. The SMILES string of the molecule is O=P(O)(Cl)OCl. The van der Waals surface area contributed by atoms with E-state index in [1.54, 1.807) is 0 Å². The van der Waals surface area contributed by atoms with Crippen LogP contribution in [0.1, 0.15) is 0 Å². The van der Waals surface area contributed by atoms with Crippen LogP contribution in [0.5, 0.6) is 0 Å². The van der Waals surface area contributed by atoms with Gasteiger partial charge in [0.25, 0.3) is 0 Å². The predicted molar refractivity (Wildman–Crippen MR) is 22.6 cm³/mol. The van der Waals surface area contributed by atoms with E-state index >= 15 is 0 Å². The molecule has 0 saturated heterocycles. The summed E-state index contributed by atoms with van der Waals surface area (Å²) in [6.07, 6.45) is 0. The van der Waals surface area contributed by atoms with Crippen molar-refractivity contribution in [2.75, 3.05) is 0 Å². The highest BCUT2D eigenvalue weighted by Crippen LogP contribution is 2.48. The molecule has 0 amide bonds. The van der Waals surface area contributed by atoms with Crippen LogP contribution in [0, 0.1) is 0 Å². The molecule has 0 aliphatic carbocycles. The van der Waals surface area contributed by atoms with Crippen molar-refractivity contribution in [3.05, 3.63) is 0 Å². The smallest absolute Gasteiger partial charge is 0.312 e. The Hall–Kier alpha value is 0.730. The van der Waals surface area contributed by atoms with Crippen LogP contribution in [-0.4, -0.2) is 4.89 Å². The van der Waals surface area contributed by atoms with E-state index in [4.69, 9.17) is 4.89 Å². The van der Waals surface area contributed by atoms with E-state index in [-0.39, 0.29) is 0 Å². The van der Waals surface area contributed by atoms with Crippen molar-refractivity contribution >= 4 is 30.1 Å². The van der Waals surface area contributed by atoms with Crippen molar-refractivity contribution in [1.82, 2.24) is 0 Å². The fraction of sp³-hybridized carbons (Fsp3) is 0. The molecule has 1 atom stereocenters. The van der Waals surface area contributed by atoms with Crippen LogP contribution < -0.4 is 0 Å². The summed E-state index contributed by atoms with van der Waals surface area (Å²) in [7, 11) is 0. The first-order valence-electron chi connectivity index (χ1n) is 0.888. The Kier molecular flexibility index (Phi) is 2.41. The van der Waals surface area contributed by atoms with Gasteiger partial charge < -0.3 is 4.89 Å². The van der Waals surface area contributed by atoms with Crippen LogP contribution in [0.25, 0.3) is 0 Å². The molecule has 0 aromatic carbocycles. The van der Waals surface area contributed by atoms with Crippen molar-refractivity contribution in [1.29, 1.82) is 0 Å². The summed E-state index contributed by atoms with van der Waals surface area (Å²) < 4.78 is 12.8. The zero-order chi connectivity index (χ0) is 5.21. The molecule has 0 aromatic heterocycles. The Morgan fingerprint density at radius 2 is 2.00 bits per heavy atom. The fourth-order valence-electron chi connectivity index (χ4n) is 0. The molecule has 6 heteroatoms. The van der Waals surface area contributed by atoms with Crippen molar-refractivity contribution in [2.45, 2.75) is 0 Å². The predicted octanol–water partition coefficient (Wildman–Crippen LogP) is 1.50. The average Bonchev–Trinajstić information content (AvgIpc) is 1.35. The number of halogens is 2. The lowest BCUT2D eigenvalue weighted by Crippen LogP contribution is -1.60. The van der Waals surface area contributed by atoms with E-state index in [2.05, 4.69) is 27.2 Å². The highest BCUT2D eigenvalue weighted by Gasteiger charge is 2.10.